The topological polar surface area (TPSA) is 77.9 Å². The van der Waals surface area contributed by atoms with Crippen LogP contribution in [0.3, 0.4) is 0 Å². The van der Waals surface area contributed by atoms with Crippen LogP contribution in [0.25, 0.3) is 0 Å². The van der Waals surface area contributed by atoms with E-state index < -0.39 is 16.0 Å². The van der Waals surface area contributed by atoms with E-state index in [0.717, 1.165) is 11.1 Å². The van der Waals surface area contributed by atoms with Gasteiger partial charge < -0.3 is 5.11 Å². The summed E-state index contributed by atoms with van der Waals surface area (Å²) in [7, 11) is -3.67. The van der Waals surface area contributed by atoms with Crippen LogP contribution in [0.1, 0.15) is 16.7 Å². The van der Waals surface area contributed by atoms with Gasteiger partial charge in [0.05, 0.1) is 21.4 Å². The molecule has 1 saturated heterocycles. The van der Waals surface area contributed by atoms with E-state index in [-0.39, 0.29) is 11.3 Å². The fourth-order valence-electron chi connectivity index (χ4n) is 3.33. The third kappa shape index (κ3) is 5.29. The van der Waals surface area contributed by atoms with Gasteiger partial charge in [-0.25, -0.2) is 8.42 Å². The molecule has 0 saturated carbocycles. The highest BCUT2D eigenvalue weighted by Gasteiger charge is 2.29. The molecule has 0 aliphatic carbocycles. The lowest BCUT2D eigenvalue weighted by atomic mass is 10.1. The normalized spacial score (nSPS) is 16.1. The Morgan fingerprint density at radius 2 is 1.72 bits per heavy atom. The van der Waals surface area contributed by atoms with E-state index >= 15 is 0 Å². The first-order chi connectivity index (χ1) is 13.7. The number of benzene rings is 2. The minimum atomic E-state index is -3.67. The molecule has 1 N–H and O–H groups in total. The molecule has 0 bridgehead atoms. The average Bonchev–Trinajstić information content (AvgIpc) is 2.66. The SMILES string of the molecule is Cc1ccc(S(=O)(=O)N2CCN(Cc3ccc(Cl)c(Cl)c3)CC2)cc1CC(=O)O. The highest BCUT2D eigenvalue weighted by molar-refractivity contribution is 7.89. The molecule has 0 unspecified atom stereocenters. The highest BCUT2D eigenvalue weighted by Crippen LogP contribution is 2.25. The van der Waals surface area contributed by atoms with Gasteiger partial charge in [0.1, 0.15) is 0 Å². The van der Waals surface area contributed by atoms with Gasteiger partial charge in [0.15, 0.2) is 0 Å². The zero-order chi connectivity index (χ0) is 21.2. The van der Waals surface area contributed by atoms with Gasteiger partial charge in [0.25, 0.3) is 0 Å². The van der Waals surface area contributed by atoms with Crippen molar-refractivity contribution in [2.75, 3.05) is 26.2 Å². The van der Waals surface area contributed by atoms with Crippen LogP contribution in [0.5, 0.6) is 0 Å². The van der Waals surface area contributed by atoms with E-state index in [1.165, 1.54) is 16.4 Å². The van der Waals surface area contributed by atoms with Crippen molar-refractivity contribution < 1.29 is 18.3 Å². The minimum absolute atomic E-state index is 0.136. The maximum atomic E-state index is 13.0. The van der Waals surface area contributed by atoms with Crippen LogP contribution in [-0.2, 0) is 27.8 Å². The Morgan fingerprint density at radius 1 is 1.03 bits per heavy atom. The molecule has 29 heavy (non-hydrogen) atoms. The summed E-state index contributed by atoms with van der Waals surface area (Å²) in [5.41, 5.74) is 2.29. The lowest BCUT2D eigenvalue weighted by molar-refractivity contribution is -0.136. The van der Waals surface area contributed by atoms with E-state index in [2.05, 4.69) is 4.90 Å². The largest absolute Gasteiger partial charge is 0.481 e. The highest BCUT2D eigenvalue weighted by atomic mass is 35.5. The summed E-state index contributed by atoms with van der Waals surface area (Å²) in [5.74, 6) is -0.987. The van der Waals surface area contributed by atoms with Gasteiger partial charge >= 0.3 is 5.97 Å². The number of sulfonamides is 1. The fraction of sp³-hybridized carbons (Fsp3) is 0.350. The van der Waals surface area contributed by atoms with Gasteiger partial charge in [0, 0.05) is 32.7 Å². The molecular weight excluding hydrogens is 435 g/mol. The monoisotopic (exact) mass is 456 g/mol. The van der Waals surface area contributed by atoms with E-state index in [1.54, 1.807) is 19.1 Å². The molecule has 3 rings (SSSR count). The van der Waals surface area contributed by atoms with Gasteiger partial charge in [-0.1, -0.05) is 35.3 Å². The molecule has 1 heterocycles. The van der Waals surface area contributed by atoms with Crippen LogP contribution in [0.15, 0.2) is 41.3 Å². The number of hydrogen-bond donors (Lipinski definition) is 1. The fourth-order valence-corrected chi connectivity index (χ4v) is 5.13. The van der Waals surface area contributed by atoms with Crippen LogP contribution in [0, 0.1) is 6.92 Å². The lowest BCUT2D eigenvalue weighted by Gasteiger charge is -2.34. The summed E-state index contributed by atoms with van der Waals surface area (Å²) >= 11 is 12.0. The molecule has 0 aromatic heterocycles. The van der Waals surface area contributed by atoms with Crippen molar-refractivity contribution in [1.82, 2.24) is 9.21 Å². The van der Waals surface area contributed by atoms with Crippen molar-refractivity contribution in [3.63, 3.8) is 0 Å². The Bertz CT molecular complexity index is 1020. The summed E-state index contributed by atoms with van der Waals surface area (Å²) in [4.78, 5) is 13.3. The van der Waals surface area contributed by atoms with Gasteiger partial charge in [0.2, 0.25) is 10.0 Å². The summed E-state index contributed by atoms with van der Waals surface area (Å²) in [6, 6.07) is 10.2. The second-order valence-corrected chi connectivity index (χ2v) is 9.84. The second-order valence-electron chi connectivity index (χ2n) is 7.09. The number of carboxylic acid groups (broad SMARTS) is 1. The Morgan fingerprint density at radius 3 is 2.34 bits per heavy atom. The van der Waals surface area contributed by atoms with Crippen LogP contribution >= 0.6 is 23.2 Å². The Labute approximate surface area is 180 Å². The van der Waals surface area contributed by atoms with Crippen LogP contribution in [-0.4, -0.2) is 54.9 Å². The maximum Gasteiger partial charge on any atom is 0.307 e. The summed E-state index contributed by atoms with van der Waals surface area (Å²) in [6.07, 6.45) is -0.202. The summed E-state index contributed by atoms with van der Waals surface area (Å²) in [5, 5.41) is 10.0. The van der Waals surface area contributed by atoms with E-state index in [1.807, 2.05) is 12.1 Å². The molecular formula is C20H22Cl2N2O4S. The molecule has 0 atom stereocenters. The van der Waals surface area contributed by atoms with Crippen molar-refractivity contribution in [2.45, 2.75) is 24.8 Å². The zero-order valence-electron chi connectivity index (χ0n) is 15.9. The van der Waals surface area contributed by atoms with Gasteiger partial charge in [-0.05, 0) is 47.9 Å². The van der Waals surface area contributed by atoms with E-state index in [4.69, 9.17) is 28.3 Å². The number of nitrogens with zero attached hydrogens (tertiary/aromatic N) is 2. The first kappa shape index (κ1) is 22.1. The molecule has 0 radical (unpaired) electrons. The number of piperazine rings is 1. The van der Waals surface area contributed by atoms with Gasteiger partial charge in [-0.3, -0.25) is 9.69 Å². The average molecular weight is 457 g/mol. The summed E-state index contributed by atoms with van der Waals surface area (Å²) < 4.78 is 27.5. The number of aryl methyl sites for hydroxylation is 1. The summed E-state index contributed by atoms with van der Waals surface area (Å²) in [6.45, 7) is 4.35. The Balaban J connectivity index is 1.68. The van der Waals surface area contributed by atoms with Crippen LogP contribution in [0.2, 0.25) is 10.0 Å². The smallest absolute Gasteiger partial charge is 0.307 e. The van der Waals surface area contributed by atoms with Gasteiger partial charge in [-0.15, -0.1) is 0 Å². The number of carboxylic acids is 1. The molecule has 1 aliphatic rings. The first-order valence-corrected chi connectivity index (χ1v) is 11.3. The van der Waals surface area contributed by atoms with Crippen molar-refractivity contribution >= 4 is 39.2 Å². The minimum Gasteiger partial charge on any atom is -0.481 e. The first-order valence-electron chi connectivity index (χ1n) is 9.14. The lowest BCUT2D eigenvalue weighted by Crippen LogP contribution is -2.48. The van der Waals surface area contributed by atoms with Crippen molar-refractivity contribution in [3.05, 3.63) is 63.1 Å². The molecule has 6 nitrogen and oxygen atoms in total. The molecule has 0 amide bonds. The Hall–Kier alpha value is -1.64. The predicted molar refractivity (Wildman–Crippen MR) is 113 cm³/mol. The van der Waals surface area contributed by atoms with Crippen molar-refractivity contribution in [1.29, 1.82) is 0 Å². The number of halogens is 2. The van der Waals surface area contributed by atoms with E-state index in [9.17, 15) is 13.2 Å². The zero-order valence-corrected chi connectivity index (χ0v) is 18.3. The molecule has 156 valence electrons. The molecule has 9 heteroatoms. The predicted octanol–water partition coefficient (Wildman–Crippen LogP) is 3.44. The number of rotatable bonds is 6. The third-order valence-electron chi connectivity index (χ3n) is 5.02. The molecule has 2 aromatic rings. The molecule has 0 spiro atoms. The molecule has 1 fully saturated rings. The van der Waals surface area contributed by atoms with Crippen molar-refractivity contribution in [2.24, 2.45) is 0 Å². The quantitative estimate of drug-likeness (QED) is 0.719. The van der Waals surface area contributed by atoms with Crippen molar-refractivity contribution in [3.8, 4) is 0 Å². The number of hydrogen-bond acceptors (Lipinski definition) is 4. The third-order valence-corrected chi connectivity index (χ3v) is 7.66. The van der Waals surface area contributed by atoms with Gasteiger partial charge in [-0.2, -0.15) is 4.31 Å². The van der Waals surface area contributed by atoms with Crippen LogP contribution in [0.4, 0.5) is 0 Å². The standard InChI is InChI=1S/C20H22Cl2N2O4S/c1-14-2-4-17(11-16(14)12-20(25)26)29(27,28)24-8-6-23(7-9-24)13-15-3-5-18(21)19(22)10-15/h2-5,10-11H,6-9,12-13H2,1H3,(H,25,26). The van der Waals surface area contributed by atoms with Crippen LogP contribution < -0.4 is 0 Å². The van der Waals surface area contributed by atoms with E-state index in [0.29, 0.717) is 48.3 Å². The Kier molecular flexibility index (Phi) is 6.86. The maximum absolute atomic E-state index is 13.0. The number of aliphatic carboxylic acids is 1. The number of carbonyl (C=O) groups is 1. The molecule has 1 aliphatic heterocycles. The molecule has 2 aromatic carbocycles. The second kappa shape index (κ2) is 9.02.